The third-order valence-electron chi connectivity index (χ3n) is 4.21. The van der Waals surface area contributed by atoms with Gasteiger partial charge in [-0.05, 0) is 56.7 Å². The van der Waals surface area contributed by atoms with Gasteiger partial charge in [-0.25, -0.2) is 0 Å². The molecule has 1 aromatic carbocycles. The molecule has 1 nitrogen and oxygen atoms in total. The molecule has 1 heteroatoms. The minimum atomic E-state index is 0.781. The zero-order chi connectivity index (χ0) is 12.8. The molecule has 1 N–H and O–H groups in total. The van der Waals surface area contributed by atoms with Crippen LogP contribution in [0.3, 0.4) is 0 Å². The lowest BCUT2D eigenvalue weighted by Crippen LogP contribution is -2.30. The van der Waals surface area contributed by atoms with Crippen LogP contribution in [0.4, 0.5) is 0 Å². The molecule has 0 heterocycles. The van der Waals surface area contributed by atoms with Gasteiger partial charge >= 0.3 is 0 Å². The fourth-order valence-electron chi connectivity index (χ4n) is 3.26. The Kier molecular flexibility index (Phi) is 5.25. The normalized spacial score (nSPS) is 24.1. The molecule has 1 aromatic rings. The van der Waals surface area contributed by atoms with Gasteiger partial charge < -0.3 is 5.32 Å². The summed E-state index contributed by atoms with van der Waals surface area (Å²) in [6.45, 7) is 6.81. The summed E-state index contributed by atoms with van der Waals surface area (Å²) in [5, 5.41) is 3.62. The second-order valence-electron chi connectivity index (χ2n) is 5.77. The maximum atomic E-state index is 3.62. The minimum absolute atomic E-state index is 0.781. The molecule has 0 aliphatic heterocycles. The van der Waals surface area contributed by atoms with Crippen LogP contribution < -0.4 is 5.32 Å². The third-order valence-corrected chi connectivity index (χ3v) is 4.21. The molecule has 2 rings (SSSR count). The largest absolute Gasteiger partial charge is 0.316 e. The minimum Gasteiger partial charge on any atom is -0.316 e. The maximum absolute atomic E-state index is 3.62. The molecule has 0 radical (unpaired) electrons. The highest BCUT2D eigenvalue weighted by molar-refractivity contribution is 5.26. The van der Waals surface area contributed by atoms with Crippen molar-refractivity contribution in [3.63, 3.8) is 0 Å². The van der Waals surface area contributed by atoms with Gasteiger partial charge in [0.05, 0.1) is 0 Å². The molecule has 100 valence electrons. The molecule has 0 aromatic heterocycles. The Labute approximate surface area is 112 Å². The zero-order valence-electron chi connectivity index (χ0n) is 11.9. The molecular formula is C17H27N. The van der Waals surface area contributed by atoms with Crippen molar-refractivity contribution in [2.45, 2.75) is 51.9 Å². The van der Waals surface area contributed by atoms with Crippen molar-refractivity contribution in [1.29, 1.82) is 0 Å². The van der Waals surface area contributed by atoms with E-state index in [1.54, 1.807) is 5.56 Å². The van der Waals surface area contributed by atoms with Gasteiger partial charge in [-0.1, -0.05) is 49.6 Å². The fourth-order valence-corrected chi connectivity index (χ4v) is 3.26. The van der Waals surface area contributed by atoms with E-state index in [0.29, 0.717) is 0 Å². The maximum Gasteiger partial charge on any atom is -0.00147 e. The SMILES string of the molecule is CCCNCC1CCCCC1c1cccc(C)c1. The second kappa shape index (κ2) is 6.94. The van der Waals surface area contributed by atoms with E-state index in [1.165, 1.54) is 44.2 Å². The highest BCUT2D eigenvalue weighted by Crippen LogP contribution is 2.37. The van der Waals surface area contributed by atoms with Crippen LogP contribution in [0, 0.1) is 12.8 Å². The van der Waals surface area contributed by atoms with Crippen molar-refractivity contribution < 1.29 is 0 Å². The average Bonchev–Trinajstić information content (AvgIpc) is 2.40. The Hall–Kier alpha value is -0.820. The lowest BCUT2D eigenvalue weighted by atomic mass is 9.75. The van der Waals surface area contributed by atoms with Crippen LogP contribution in [0.25, 0.3) is 0 Å². The van der Waals surface area contributed by atoms with E-state index >= 15 is 0 Å². The molecule has 18 heavy (non-hydrogen) atoms. The van der Waals surface area contributed by atoms with Crippen molar-refractivity contribution in [3.05, 3.63) is 35.4 Å². The molecule has 1 aliphatic rings. The molecule has 1 fully saturated rings. The Morgan fingerprint density at radius 1 is 1.22 bits per heavy atom. The van der Waals surface area contributed by atoms with Crippen molar-refractivity contribution in [2.75, 3.05) is 13.1 Å². The summed E-state index contributed by atoms with van der Waals surface area (Å²) in [6, 6.07) is 9.14. The Morgan fingerprint density at radius 3 is 2.83 bits per heavy atom. The fraction of sp³-hybridized carbons (Fsp3) is 0.647. The van der Waals surface area contributed by atoms with Crippen molar-refractivity contribution in [1.82, 2.24) is 5.32 Å². The van der Waals surface area contributed by atoms with Gasteiger partial charge in [-0.15, -0.1) is 0 Å². The summed E-state index contributed by atoms with van der Waals surface area (Å²) in [7, 11) is 0. The Bertz CT molecular complexity index is 358. The number of nitrogens with one attached hydrogen (secondary N) is 1. The number of benzene rings is 1. The topological polar surface area (TPSA) is 12.0 Å². The smallest absolute Gasteiger partial charge is 0.00147 e. The molecule has 1 aliphatic carbocycles. The van der Waals surface area contributed by atoms with E-state index in [-0.39, 0.29) is 0 Å². The first kappa shape index (κ1) is 13.6. The van der Waals surface area contributed by atoms with E-state index in [0.717, 1.165) is 18.4 Å². The molecule has 0 amide bonds. The van der Waals surface area contributed by atoms with E-state index < -0.39 is 0 Å². The number of hydrogen-bond donors (Lipinski definition) is 1. The predicted octanol–water partition coefficient (Wildman–Crippen LogP) is 4.27. The van der Waals surface area contributed by atoms with E-state index in [4.69, 9.17) is 0 Å². The summed E-state index contributed by atoms with van der Waals surface area (Å²) in [5.74, 6) is 1.62. The molecule has 0 spiro atoms. The van der Waals surface area contributed by atoms with Crippen LogP contribution in [0.5, 0.6) is 0 Å². The Morgan fingerprint density at radius 2 is 2.06 bits per heavy atom. The van der Waals surface area contributed by atoms with Gasteiger partial charge in [0.2, 0.25) is 0 Å². The highest BCUT2D eigenvalue weighted by Gasteiger charge is 2.25. The Balaban J connectivity index is 2.03. The zero-order valence-corrected chi connectivity index (χ0v) is 11.9. The lowest BCUT2D eigenvalue weighted by Gasteiger charge is -2.32. The van der Waals surface area contributed by atoms with Crippen molar-refractivity contribution in [2.24, 2.45) is 5.92 Å². The average molecular weight is 245 g/mol. The van der Waals surface area contributed by atoms with Crippen LogP contribution in [0.2, 0.25) is 0 Å². The highest BCUT2D eigenvalue weighted by atomic mass is 14.9. The van der Waals surface area contributed by atoms with Gasteiger partial charge in [0.15, 0.2) is 0 Å². The first-order chi connectivity index (χ1) is 8.81. The molecule has 1 saturated carbocycles. The number of hydrogen-bond acceptors (Lipinski definition) is 1. The van der Waals surface area contributed by atoms with Gasteiger partial charge in [0.25, 0.3) is 0 Å². The standard InChI is InChI=1S/C17H27N/c1-3-11-18-13-16-8-4-5-10-17(16)15-9-6-7-14(2)12-15/h6-7,9,12,16-18H,3-5,8,10-11,13H2,1-2H3. The number of aryl methyl sites for hydroxylation is 1. The van der Waals surface area contributed by atoms with E-state index in [9.17, 15) is 0 Å². The van der Waals surface area contributed by atoms with Crippen LogP contribution in [-0.2, 0) is 0 Å². The van der Waals surface area contributed by atoms with Crippen molar-refractivity contribution >= 4 is 0 Å². The first-order valence-electron chi connectivity index (χ1n) is 7.58. The molecule has 0 bridgehead atoms. The molecular weight excluding hydrogens is 218 g/mol. The number of rotatable bonds is 5. The monoisotopic (exact) mass is 245 g/mol. The quantitative estimate of drug-likeness (QED) is 0.764. The van der Waals surface area contributed by atoms with Gasteiger partial charge in [-0.3, -0.25) is 0 Å². The predicted molar refractivity (Wildman–Crippen MR) is 79.0 cm³/mol. The van der Waals surface area contributed by atoms with E-state index in [1.807, 2.05) is 0 Å². The van der Waals surface area contributed by atoms with Gasteiger partial charge in [0.1, 0.15) is 0 Å². The van der Waals surface area contributed by atoms with Crippen LogP contribution in [0.1, 0.15) is 56.1 Å². The van der Waals surface area contributed by atoms with Gasteiger partial charge in [-0.2, -0.15) is 0 Å². The summed E-state index contributed by atoms with van der Waals surface area (Å²) in [5.41, 5.74) is 2.97. The van der Waals surface area contributed by atoms with Crippen LogP contribution >= 0.6 is 0 Å². The molecule has 0 saturated heterocycles. The van der Waals surface area contributed by atoms with Crippen LogP contribution in [-0.4, -0.2) is 13.1 Å². The summed E-state index contributed by atoms with van der Waals surface area (Å²) >= 11 is 0. The van der Waals surface area contributed by atoms with E-state index in [2.05, 4.69) is 43.4 Å². The summed E-state index contributed by atoms with van der Waals surface area (Å²) in [4.78, 5) is 0. The molecule has 2 atom stereocenters. The van der Waals surface area contributed by atoms with Crippen LogP contribution in [0.15, 0.2) is 24.3 Å². The first-order valence-corrected chi connectivity index (χ1v) is 7.58. The molecule has 2 unspecified atom stereocenters. The summed E-state index contributed by atoms with van der Waals surface area (Å²) < 4.78 is 0. The lowest BCUT2D eigenvalue weighted by molar-refractivity contribution is 0.296. The second-order valence-corrected chi connectivity index (χ2v) is 5.77. The third kappa shape index (κ3) is 3.58. The summed E-state index contributed by atoms with van der Waals surface area (Å²) in [6.07, 6.45) is 6.84. The van der Waals surface area contributed by atoms with Crippen molar-refractivity contribution in [3.8, 4) is 0 Å². The van der Waals surface area contributed by atoms with Gasteiger partial charge in [0, 0.05) is 0 Å².